The molecular formula is C12H16O3. The van der Waals surface area contributed by atoms with Crippen molar-refractivity contribution in [3.63, 3.8) is 0 Å². The van der Waals surface area contributed by atoms with Gasteiger partial charge in [-0.25, -0.2) is 4.79 Å². The van der Waals surface area contributed by atoms with Crippen LogP contribution in [0.15, 0.2) is 18.2 Å². The van der Waals surface area contributed by atoms with Gasteiger partial charge >= 0.3 is 5.97 Å². The average Bonchev–Trinajstić information content (AvgIpc) is 2.21. The Labute approximate surface area is 90.0 Å². The highest BCUT2D eigenvalue weighted by atomic mass is 16.6. The lowest BCUT2D eigenvalue weighted by molar-refractivity contribution is -0.146. The topological polar surface area (TPSA) is 35.5 Å². The number of hydrogen-bond acceptors (Lipinski definition) is 3. The molecule has 0 bridgehead atoms. The van der Waals surface area contributed by atoms with Crippen molar-refractivity contribution in [2.24, 2.45) is 0 Å². The number of benzene rings is 1. The fourth-order valence-electron chi connectivity index (χ4n) is 1.31. The van der Waals surface area contributed by atoms with E-state index in [9.17, 15) is 4.79 Å². The Kier molecular flexibility index (Phi) is 4.31. The number of aryl methyl sites for hydroxylation is 2. The van der Waals surface area contributed by atoms with E-state index in [2.05, 4.69) is 10.8 Å². The van der Waals surface area contributed by atoms with Crippen molar-refractivity contribution in [2.75, 3.05) is 13.7 Å². The molecule has 0 atom stereocenters. The van der Waals surface area contributed by atoms with Crippen LogP contribution >= 0.6 is 0 Å². The molecule has 0 aliphatic heterocycles. The van der Waals surface area contributed by atoms with Crippen LogP contribution in [-0.2, 0) is 20.9 Å². The summed E-state index contributed by atoms with van der Waals surface area (Å²) in [7, 11) is 1.35. The van der Waals surface area contributed by atoms with Crippen LogP contribution < -0.4 is 0 Å². The Hall–Kier alpha value is -1.35. The van der Waals surface area contributed by atoms with Gasteiger partial charge in [-0.15, -0.1) is 0 Å². The molecule has 1 rings (SSSR count). The molecule has 0 aromatic heterocycles. The van der Waals surface area contributed by atoms with Gasteiger partial charge in [0, 0.05) is 0 Å². The molecule has 15 heavy (non-hydrogen) atoms. The fraction of sp³-hybridized carbons (Fsp3) is 0.417. The molecule has 0 unspecified atom stereocenters. The Morgan fingerprint density at radius 1 is 1.33 bits per heavy atom. The van der Waals surface area contributed by atoms with Crippen LogP contribution in [0.3, 0.4) is 0 Å². The van der Waals surface area contributed by atoms with Gasteiger partial charge in [0.25, 0.3) is 0 Å². The third-order valence-electron chi connectivity index (χ3n) is 2.20. The highest BCUT2D eigenvalue weighted by molar-refractivity contribution is 5.70. The smallest absolute Gasteiger partial charge is 0.331 e. The number of carbonyl (C=O) groups excluding carboxylic acids is 1. The van der Waals surface area contributed by atoms with E-state index in [1.54, 1.807) is 0 Å². The summed E-state index contributed by atoms with van der Waals surface area (Å²) in [4.78, 5) is 10.8. The van der Waals surface area contributed by atoms with E-state index in [4.69, 9.17) is 4.74 Å². The minimum Gasteiger partial charge on any atom is -0.467 e. The second kappa shape index (κ2) is 5.51. The lowest BCUT2D eigenvalue weighted by atomic mass is 10.1. The first kappa shape index (κ1) is 11.7. The van der Waals surface area contributed by atoms with Crippen molar-refractivity contribution in [3.05, 3.63) is 34.9 Å². The number of hydrogen-bond donors (Lipinski definition) is 0. The number of rotatable bonds is 4. The predicted octanol–water partition coefficient (Wildman–Crippen LogP) is 1.99. The van der Waals surface area contributed by atoms with E-state index in [1.165, 1.54) is 18.2 Å². The number of methoxy groups -OCH3 is 1. The summed E-state index contributed by atoms with van der Waals surface area (Å²) in [5.41, 5.74) is 3.51. The maximum absolute atomic E-state index is 10.8. The fourth-order valence-corrected chi connectivity index (χ4v) is 1.31. The summed E-state index contributed by atoms with van der Waals surface area (Å²) >= 11 is 0. The Bertz CT molecular complexity index is 345. The molecule has 0 spiro atoms. The first-order chi connectivity index (χ1) is 7.13. The molecule has 0 saturated carbocycles. The molecule has 0 saturated heterocycles. The summed E-state index contributed by atoms with van der Waals surface area (Å²) in [6, 6.07) is 6.14. The maximum Gasteiger partial charge on any atom is 0.331 e. The van der Waals surface area contributed by atoms with Gasteiger partial charge in [0.05, 0.1) is 13.7 Å². The second-order valence-corrected chi connectivity index (χ2v) is 3.50. The van der Waals surface area contributed by atoms with Crippen LogP contribution in [0.4, 0.5) is 0 Å². The van der Waals surface area contributed by atoms with Crippen molar-refractivity contribution in [1.29, 1.82) is 0 Å². The van der Waals surface area contributed by atoms with Crippen LogP contribution in [0, 0.1) is 13.8 Å². The molecule has 0 N–H and O–H groups in total. The minimum atomic E-state index is -0.347. The molecule has 3 nitrogen and oxygen atoms in total. The van der Waals surface area contributed by atoms with Crippen LogP contribution in [0.25, 0.3) is 0 Å². The zero-order valence-electron chi connectivity index (χ0n) is 9.37. The van der Waals surface area contributed by atoms with E-state index in [0.29, 0.717) is 6.61 Å². The molecule has 0 amide bonds. The van der Waals surface area contributed by atoms with Crippen LogP contribution in [0.5, 0.6) is 0 Å². The van der Waals surface area contributed by atoms with Crippen LogP contribution in [0.2, 0.25) is 0 Å². The Morgan fingerprint density at radius 2 is 2.07 bits per heavy atom. The van der Waals surface area contributed by atoms with Gasteiger partial charge in [0.2, 0.25) is 0 Å². The van der Waals surface area contributed by atoms with Gasteiger partial charge in [0.1, 0.15) is 6.61 Å². The molecule has 0 radical (unpaired) electrons. The predicted molar refractivity (Wildman–Crippen MR) is 57.6 cm³/mol. The van der Waals surface area contributed by atoms with Gasteiger partial charge in [-0.05, 0) is 25.0 Å². The molecule has 0 fully saturated rings. The van der Waals surface area contributed by atoms with Crippen molar-refractivity contribution in [2.45, 2.75) is 20.5 Å². The standard InChI is InChI=1S/C12H16O3/c1-9-4-5-11(10(2)6-9)7-15-8-12(13)14-3/h4-6H,7-8H2,1-3H3. The molecule has 0 heterocycles. The van der Waals surface area contributed by atoms with E-state index >= 15 is 0 Å². The van der Waals surface area contributed by atoms with E-state index in [0.717, 1.165) is 5.56 Å². The van der Waals surface area contributed by atoms with Gasteiger partial charge < -0.3 is 9.47 Å². The third-order valence-corrected chi connectivity index (χ3v) is 2.20. The van der Waals surface area contributed by atoms with Crippen molar-refractivity contribution in [1.82, 2.24) is 0 Å². The summed E-state index contributed by atoms with van der Waals surface area (Å²) in [5, 5.41) is 0. The summed E-state index contributed by atoms with van der Waals surface area (Å²) in [6.45, 7) is 4.53. The van der Waals surface area contributed by atoms with Gasteiger partial charge in [0.15, 0.2) is 0 Å². The maximum atomic E-state index is 10.8. The number of esters is 1. The van der Waals surface area contributed by atoms with Crippen LogP contribution in [0.1, 0.15) is 16.7 Å². The zero-order chi connectivity index (χ0) is 11.3. The SMILES string of the molecule is COC(=O)COCc1ccc(C)cc1C. The zero-order valence-corrected chi connectivity index (χ0v) is 9.37. The second-order valence-electron chi connectivity index (χ2n) is 3.50. The molecule has 1 aromatic rings. The summed E-state index contributed by atoms with van der Waals surface area (Å²) in [5.74, 6) is -0.347. The normalized spacial score (nSPS) is 10.1. The van der Waals surface area contributed by atoms with E-state index in [-0.39, 0.29) is 12.6 Å². The summed E-state index contributed by atoms with van der Waals surface area (Å²) < 4.78 is 9.69. The molecule has 0 aliphatic rings. The highest BCUT2D eigenvalue weighted by Gasteiger charge is 2.02. The molecular weight excluding hydrogens is 192 g/mol. The van der Waals surface area contributed by atoms with Crippen molar-refractivity contribution in [3.8, 4) is 0 Å². The minimum absolute atomic E-state index is 0.00379. The molecule has 0 aliphatic carbocycles. The first-order valence-electron chi connectivity index (χ1n) is 4.84. The Balaban J connectivity index is 2.47. The van der Waals surface area contributed by atoms with Gasteiger partial charge in [-0.1, -0.05) is 23.8 Å². The van der Waals surface area contributed by atoms with Crippen molar-refractivity contribution >= 4 is 5.97 Å². The lowest BCUT2D eigenvalue weighted by Gasteiger charge is -2.07. The number of carbonyl (C=O) groups is 1. The molecule has 1 aromatic carbocycles. The third kappa shape index (κ3) is 3.72. The largest absolute Gasteiger partial charge is 0.467 e. The summed E-state index contributed by atoms with van der Waals surface area (Å²) in [6.07, 6.45) is 0. The van der Waals surface area contributed by atoms with E-state index < -0.39 is 0 Å². The number of ether oxygens (including phenoxy) is 2. The van der Waals surface area contributed by atoms with E-state index in [1.807, 2.05) is 26.0 Å². The monoisotopic (exact) mass is 208 g/mol. The average molecular weight is 208 g/mol. The molecule has 82 valence electrons. The highest BCUT2D eigenvalue weighted by Crippen LogP contribution is 2.11. The van der Waals surface area contributed by atoms with Gasteiger partial charge in [-0.2, -0.15) is 0 Å². The Morgan fingerprint density at radius 3 is 2.67 bits per heavy atom. The van der Waals surface area contributed by atoms with Crippen molar-refractivity contribution < 1.29 is 14.3 Å². The van der Waals surface area contributed by atoms with Crippen LogP contribution in [-0.4, -0.2) is 19.7 Å². The first-order valence-corrected chi connectivity index (χ1v) is 4.84. The quantitative estimate of drug-likeness (QED) is 0.710. The lowest BCUT2D eigenvalue weighted by Crippen LogP contribution is -2.10. The molecule has 3 heteroatoms. The van der Waals surface area contributed by atoms with Gasteiger partial charge in [-0.3, -0.25) is 0 Å².